The zero-order valence-electron chi connectivity index (χ0n) is 17.6. The summed E-state index contributed by atoms with van der Waals surface area (Å²) >= 11 is 0. The van der Waals surface area contributed by atoms with Crippen LogP contribution in [0.3, 0.4) is 0 Å². The van der Waals surface area contributed by atoms with Crippen LogP contribution in [0.25, 0.3) is 0 Å². The summed E-state index contributed by atoms with van der Waals surface area (Å²) in [6, 6.07) is 6.86. The minimum absolute atomic E-state index is 0.169. The molecule has 0 bridgehead atoms. The molecule has 0 aromatic heterocycles. The first-order valence-corrected chi connectivity index (χ1v) is 12.3. The molecule has 2 fully saturated rings. The number of hydrogen-bond acceptors (Lipinski definition) is 4. The molecule has 1 amide bonds. The predicted molar refractivity (Wildman–Crippen MR) is 115 cm³/mol. The van der Waals surface area contributed by atoms with Crippen molar-refractivity contribution in [1.29, 1.82) is 0 Å². The average Bonchev–Trinajstić information content (AvgIpc) is 2.73. The van der Waals surface area contributed by atoms with E-state index in [2.05, 4.69) is 17.5 Å². The van der Waals surface area contributed by atoms with E-state index in [9.17, 15) is 13.2 Å². The molecule has 2 aliphatic rings. The Labute approximate surface area is 174 Å². The first-order chi connectivity index (χ1) is 13.9. The van der Waals surface area contributed by atoms with E-state index in [1.165, 1.54) is 17.1 Å². The number of hydrogen-bond donors (Lipinski definition) is 1. The van der Waals surface area contributed by atoms with Crippen LogP contribution in [-0.2, 0) is 14.8 Å². The van der Waals surface area contributed by atoms with Crippen LogP contribution in [0.1, 0.15) is 63.9 Å². The number of piperidine rings is 1. The molecule has 1 heterocycles. The van der Waals surface area contributed by atoms with Gasteiger partial charge in [0.1, 0.15) is 0 Å². The van der Waals surface area contributed by atoms with E-state index in [-0.39, 0.29) is 23.3 Å². The summed E-state index contributed by atoms with van der Waals surface area (Å²) in [5, 5.41) is 4.36. The van der Waals surface area contributed by atoms with Crippen molar-refractivity contribution < 1.29 is 13.2 Å². The van der Waals surface area contributed by atoms with Gasteiger partial charge in [0.2, 0.25) is 15.9 Å². The van der Waals surface area contributed by atoms with E-state index in [4.69, 9.17) is 0 Å². The minimum Gasteiger partial charge on any atom is -0.273 e. The SMILES string of the molecule is CCCC1CCC(=NNC(=O)C2CCCN(S(=O)(=O)c3ccc(C)cc3)C2)CC1. The monoisotopic (exact) mass is 419 g/mol. The van der Waals surface area contributed by atoms with Gasteiger partial charge < -0.3 is 0 Å². The number of benzene rings is 1. The molecular weight excluding hydrogens is 386 g/mol. The van der Waals surface area contributed by atoms with Crippen molar-refractivity contribution in [2.24, 2.45) is 16.9 Å². The molecule has 7 heteroatoms. The minimum atomic E-state index is -3.57. The summed E-state index contributed by atoms with van der Waals surface area (Å²) in [4.78, 5) is 12.9. The van der Waals surface area contributed by atoms with Crippen molar-refractivity contribution in [3.8, 4) is 0 Å². The third-order valence-corrected chi connectivity index (χ3v) is 8.00. The molecule has 1 aliphatic heterocycles. The molecule has 29 heavy (non-hydrogen) atoms. The van der Waals surface area contributed by atoms with Crippen molar-refractivity contribution in [2.45, 2.75) is 70.1 Å². The highest BCUT2D eigenvalue weighted by Crippen LogP contribution is 2.26. The number of carbonyl (C=O) groups excluding carboxylic acids is 1. The van der Waals surface area contributed by atoms with Crippen LogP contribution in [0.5, 0.6) is 0 Å². The van der Waals surface area contributed by atoms with Crippen LogP contribution in [0.15, 0.2) is 34.3 Å². The fourth-order valence-electron chi connectivity index (χ4n) is 4.28. The lowest BCUT2D eigenvalue weighted by Crippen LogP contribution is -2.44. The summed E-state index contributed by atoms with van der Waals surface area (Å²) in [7, 11) is -3.57. The molecule has 0 spiro atoms. The number of sulfonamides is 1. The number of nitrogens with one attached hydrogen (secondary N) is 1. The Morgan fingerprint density at radius 1 is 1.17 bits per heavy atom. The lowest BCUT2D eigenvalue weighted by atomic mass is 9.85. The van der Waals surface area contributed by atoms with Gasteiger partial charge in [-0.25, -0.2) is 13.8 Å². The Morgan fingerprint density at radius 2 is 1.86 bits per heavy atom. The molecule has 1 aliphatic carbocycles. The van der Waals surface area contributed by atoms with Gasteiger partial charge in [0.25, 0.3) is 0 Å². The number of amides is 1. The highest BCUT2D eigenvalue weighted by molar-refractivity contribution is 7.89. The highest BCUT2D eigenvalue weighted by atomic mass is 32.2. The maximum atomic E-state index is 12.9. The Bertz CT molecular complexity index is 823. The Balaban J connectivity index is 1.57. The second kappa shape index (κ2) is 9.85. The molecule has 1 aromatic carbocycles. The van der Waals surface area contributed by atoms with Gasteiger partial charge in [-0.05, 0) is 63.5 Å². The average molecular weight is 420 g/mol. The van der Waals surface area contributed by atoms with E-state index in [0.29, 0.717) is 19.4 Å². The summed E-state index contributed by atoms with van der Waals surface area (Å²) < 4.78 is 27.3. The van der Waals surface area contributed by atoms with Gasteiger partial charge in [-0.2, -0.15) is 9.41 Å². The molecule has 6 nitrogen and oxygen atoms in total. The van der Waals surface area contributed by atoms with Gasteiger partial charge in [-0.1, -0.05) is 37.5 Å². The van der Waals surface area contributed by atoms with Crippen LogP contribution in [0.4, 0.5) is 0 Å². The molecule has 1 saturated carbocycles. The van der Waals surface area contributed by atoms with Crippen molar-refractivity contribution in [3.05, 3.63) is 29.8 Å². The second-order valence-corrected chi connectivity index (χ2v) is 10.3. The third kappa shape index (κ3) is 5.66. The van der Waals surface area contributed by atoms with Crippen LogP contribution in [0, 0.1) is 18.8 Å². The molecule has 1 N–H and O–H groups in total. The largest absolute Gasteiger partial charge is 0.273 e. The Hall–Kier alpha value is -1.73. The maximum Gasteiger partial charge on any atom is 0.244 e. The van der Waals surface area contributed by atoms with E-state index in [0.717, 1.165) is 42.9 Å². The fraction of sp³-hybridized carbons (Fsp3) is 0.636. The van der Waals surface area contributed by atoms with Gasteiger partial charge >= 0.3 is 0 Å². The highest BCUT2D eigenvalue weighted by Gasteiger charge is 2.33. The lowest BCUT2D eigenvalue weighted by Gasteiger charge is -2.31. The zero-order valence-corrected chi connectivity index (χ0v) is 18.4. The van der Waals surface area contributed by atoms with E-state index in [1.807, 2.05) is 6.92 Å². The second-order valence-electron chi connectivity index (χ2n) is 8.40. The number of carbonyl (C=O) groups is 1. The molecule has 160 valence electrons. The molecular formula is C22H33N3O3S. The van der Waals surface area contributed by atoms with Crippen LogP contribution in [0.2, 0.25) is 0 Å². The fourth-order valence-corrected chi connectivity index (χ4v) is 5.80. The predicted octanol–water partition coefficient (Wildman–Crippen LogP) is 3.86. The molecule has 1 unspecified atom stereocenters. The summed E-state index contributed by atoms with van der Waals surface area (Å²) in [5.41, 5.74) is 4.79. The van der Waals surface area contributed by atoms with E-state index in [1.54, 1.807) is 24.3 Å². The first-order valence-electron chi connectivity index (χ1n) is 10.8. The van der Waals surface area contributed by atoms with Gasteiger partial charge in [0, 0.05) is 18.8 Å². The molecule has 3 rings (SSSR count). The van der Waals surface area contributed by atoms with E-state index < -0.39 is 10.0 Å². The number of aryl methyl sites for hydroxylation is 1. The van der Waals surface area contributed by atoms with E-state index >= 15 is 0 Å². The number of hydrazone groups is 1. The summed E-state index contributed by atoms with van der Waals surface area (Å²) in [5.74, 6) is 0.260. The Morgan fingerprint density at radius 3 is 2.52 bits per heavy atom. The smallest absolute Gasteiger partial charge is 0.244 e. The van der Waals surface area contributed by atoms with Crippen LogP contribution in [-0.4, -0.2) is 37.4 Å². The quantitative estimate of drug-likeness (QED) is 0.711. The van der Waals surface area contributed by atoms with Gasteiger partial charge in [0.05, 0.1) is 10.8 Å². The maximum absolute atomic E-state index is 12.9. The van der Waals surface area contributed by atoms with Gasteiger partial charge in [-0.15, -0.1) is 0 Å². The zero-order chi connectivity index (χ0) is 20.9. The van der Waals surface area contributed by atoms with Gasteiger partial charge in [0.15, 0.2) is 0 Å². The van der Waals surface area contributed by atoms with Crippen molar-refractivity contribution in [1.82, 2.24) is 9.73 Å². The van der Waals surface area contributed by atoms with Crippen molar-refractivity contribution in [3.63, 3.8) is 0 Å². The number of nitrogens with zero attached hydrogens (tertiary/aromatic N) is 2. The topological polar surface area (TPSA) is 78.8 Å². The lowest BCUT2D eigenvalue weighted by molar-refractivity contribution is -0.126. The van der Waals surface area contributed by atoms with Crippen LogP contribution < -0.4 is 5.43 Å². The first kappa shape index (κ1) is 22.0. The number of rotatable bonds is 6. The molecule has 0 radical (unpaired) electrons. The van der Waals surface area contributed by atoms with Crippen molar-refractivity contribution in [2.75, 3.05) is 13.1 Å². The van der Waals surface area contributed by atoms with Gasteiger partial charge in [-0.3, -0.25) is 4.79 Å². The Kier molecular flexibility index (Phi) is 7.46. The summed E-state index contributed by atoms with van der Waals surface area (Å²) in [6.07, 6.45) is 8.05. The van der Waals surface area contributed by atoms with Crippen molar-refractivity contribution >= 4 is 21.6 Å². The third-order valence-electron chi connectivity index (χ3n) is 6.12. The molecule has 1 aromatic rings. The summed E-state index contributed by atoms with van der Waals surface area (Å²) in [6.45, 7) is 4.81. The molecule has 1 saturated heterocycles. The normalized spacial score (nSPS) is 23.6. The molecule has 1 atom stereocenters. The van der Waals surface area contributed by atoms with Crippen LogP contribution >= 0.6 is 0 Å². The standard InChI is InChI=1S/C22H33N3O3S/c1-3-5-18-9-11-20(12-10-18)23-24-22(26)19-6-4-15-25(16-19)29(27,28)21-13-7-17(2)8-14-21/h7-8,13-14,18-19H,3-6,9-12,15-16H2,1-2H3,(H,24,26).